The van der Waals surface area contributed by atoms with Gasteiger partial charge in [-0.15, -0.1) is 0 Å². The molecule has 0 bridgehead atoms. The number of aryl methyl sites for hydroxylation is 3. The monoisotopic (exact) mass is 352 g/mol. The average Bonchev–Trinajstić information content (AvgIpc) is 2.63. The molecule has 1 fully saturated rings. The van der Waals surface area contributed by atoms with Gasteiger partial charge >= 0.3 is 0 Å². The van der Waals surface area contributed by atoms with Gasteiger partial charge in [0.05, 0.1) is 0 Å². The van der Waals surface area contributed by atoms with Gasteiger partial charge in [-0.05, 0) is 44.0 Å². The Morgan fingerprint density at radius 1 is 0.962 bits per heavy atom. The molecule has 0 spiro atoms. The normalized spacial score (nSPS) is 14.8. The van der Waals surface area contributed by atoms with Crippen LogP contribution in [0, 0.1) is 20.8 Å². The van der Waals surface area contributed by atoms with E-state index in [1.54, 1.807) is 0 Å². The molecule has 0 unspecified atom stereocenters. The van der Waals surface area contributed by atoms with E-state index in [9.17, 15) is 4.79 Å². The van der Waals surface area contributed by atoms with Crippen LogP contribution in [-0.2, 0) is 0 Å². The molecule has 5 heteroatoms. The van der Waals surface area contributed by atoms with E-state index >= 15 is 0 Å². The molecule has 2 aromatic rings. The molecule has 2 heterocycles. The second-order valence-electron chi connectivity index (χ2n) is 7.46. The molecule has 26 heavy (non-hydrogen) atoms. The number of hydrogen-bond acceptors (Lipinski definition) is 4. The van der Waals surface area contributed by atoms with Crippen molar-refractivity contribution in [3.8, 4) is 0 Å². The summed E-state index contributed by atoms with van der Waals surface area (Å²) < 4.78 is 0. The summed E-state index contributed by atoms with van der Waals surface area (Å²) >= 11 is 0. The summed E-state index contributed by atoms with van der Waals surface area (Å²) in [5.41, 5.74) is 4.15. The van der Waals surface area contributed by atoms with Gasteiger partial charge in [0.15, 0.2) is 0 Å². The summed E-state index contributed by atoms with van der Waals surface area (Å²) in [6, 6.07) is 7.98. The second kappa shape index (κ2) is 7.44. The van der Waals surface area contributed by atoms with Crippen LogP contribution in [-0.4, -0.2) is 47.0 Å². The van der Waals surface area contributed by atoms with Crippen LogP contribution >= 0.6 is 0 Å². The van der Waals surface area contributed by atoms with E-state index in [1.165, 1.54) is 5.56 Å². The molecule has 1 saturated heterocycles. The lowest BCUT2D eigenvalue weighted by molar-refractivity contribution is 0.0746. The zero-order valence-electron chi connectivity index (χ0n) is 16.4. The van der Waals surface area contributed by atoms with Crippen molar-refractivity contribution in [1.82, 2.24) is 14.9 Å². The molecule has 138 valence electrons. The molecule has 1 amide bonds. The Balaban J connectivity index is 1.69. The summed E-state index contributed by atoms with van der Waals surface area (Å²) in [5.74, 6) is 2.28. The van der Waals surface area contributed by atoms with Crippen LogP contribution in [0.5, 0.6) is 0 Å². The fraction of sp³-hybridized carbons (Fsp3) is 0.476. The van der Waals surface area contributed by atoms with Crippen molar-refractivity contribution in [3.63, 3.8) is 0 Å². The molecule has 5 nitrogen and oxygen atoms in total. The van der Waals surface area contributed by atoms with Gasteiger partial charge in [0.1, 0.15) is 11.6 Å². The van der Waals surface area contributed by atoms with Crippen molar-refractivity contribution < 1.29 is 4.79 Å². The van der Waals surface area contributed by atoms with Crippen molar-refractivity contribution in [2.75, 3.05) is 31.1 Å². The summed E-state index contributed by atoms with van der Waals surface area (Å²) in [5, 5.41) is 0. The Morgan fingerprint density at radius 3 is 2.27 bits per heavy atom. The number of hydrogen-bond donors (Lipinski definition) is 0. The number of carbonyl (C=O) groups excluding carboxylic acids is 1. The molecule has 0 atom stereocenters. The van der Waals surface area contributed by atoms with Crippen molar-refractivity contribution >= 4 is 11.7 Å². The maximum Gasteiger partial charge on any atom is 0.253 e. The van der Waals surface area contributed by atoms with Crippen LogP contribution in [0.15, 0.2) is 24.3 Å². The molecular weight excluding hydrogens is 324 g/mol. The highest BCUT2D eigenvalue weighted by molar-refractivity contribution is 5.94. The smallest absolute Gasteiger partial charge is 0.253 e. The molecule has 0 saturated carbocycles. The molecule has 1 aromatic carbocycles. The molecule has 1 aliphatic rings. The minimum absolute atomic E-state index is 0.120. The number of rotatable bonds is 3. The lowest BCUT2D eigenvalue weighted by atomic mass is 10.1. The van der Waals surface area contributed by atoms with E-state index in [-0.39, 0.29) is 5.91 Å². The third-order valence-corrected chi connectivity index (χ3v) is 5.02. The van der Waals surface area contributed by atoms with E-state index in [0.29, 0.717) is 19.0 Å². The quantitative estimate of drug-likeness (QED) is 0.848. The van der Waals surface area contributed by atoms with Gasteiger partial charge in [-0.1, -0.05) is 19.9 Å². The predicted molar refractivity (Wildman–Crippen MR) is 105 cm³/mol. The standard InChI is InChI=1S/C21H28N4O/c1-14(2)20-22-17(5)13-19(23-20)24-8-10-25(11-9-24)21(26)18-7-6-15(3)16(4)12-18/h6-7,12-14H,8-11H2,1-5H3. The third-order valence-electron chi connectivity index (χ3n) is 5.02. The molecule has 1 aromatic heterocycles. The Labute approximate surface area is 156 Å². The zero-order chi connectivity index (χ0) is 18.8. The fourth-order valence-electron chi connectivity index (χ4n) is 3.19. The molecule has 0 N–H and O–H groups in total. The van der Waals surface area contributed by atoms with Crippen molar-refractivity contribution in [2.45, 2.75) is 40.5 Å². The van der Waals surface area contributed by atoms with Gasteiger partial charge in [0.2, 0.25) is 0 Å². The molecular formula is C21H28N4O. The van der Waals surface area contributed by atoms with Crippen LogP contribution in [0.3, 0.4) is 0 Å². The first kappa shape index (κ1) is 18.4. The number of nitrogens with zero attached hydrogens (tertiary/aromatic N) is 4. The maximum absolute atomic E-state index is 12.8. The number of benzene rings is 1. The average molecular weight is 352 g/mol. The van der Waals surface area contributed by atoms with Gasteiger partial charge in [-0.3, -0.25) is 4.79 Å². The first-order valence-electron chi connectivity index (χ1n) is 9.32. The lowest BCUT2D eigenvalue weighted by Crippen LogP contribution is -2.49. The highest BCUT2D eigenvalue weighted by atomic mass is 16.2. The van der Waals surface area contributed by atoms with Crippen LogP contribution in [0.1, 0.15) is 52.8 Å². The Morgan fingerprint density at radius 2 is 1.65 bits per heavy atom. The lowest BCUT2D eigenvalue weighted by Gasteiger charge is -2.35. The van der Waals surface area contributed by atoms with E-state index in [0.717, 1.165) is 41.6 Å². The predicted octanol–water partition coefficient (Wildman–Crippen LogP) is 3.49. The van der Waals surface area contributed by atoms with E-state index in [4.69, 9.17) is 4.98 Å². The van der Waals surface area contributed by atoms with Gasteiger partial charge < -0.3 is 9.80 Å². The van der Waals surface area contributed by atoms with E-state index in [1.807, 2.05) is 43.0 Å². The summed E-state index contributed by atoms with van der Waals surface area (Å²) in [6.07, 6.45) is 0. The molecule has 0 radical (unpaired) electrons. The molecule has 0 aliphatic carbocycles. The fourth-order valence-corrected chi connectivity index (χ4v) is 3.19. The molecule has 3 rings (SSSR count). The van der Waals surface area contributed by atoms with E-state index < -0.39 is 0 Å². The number of amides is 1. The summed E-state index contributed by atoms with van der Waals surface area (Å²) in [6.45, 7) is 13.4. The van der Waals surface area contributed by atoms with Crippen LogP contribution in [0.2, 0.25) is 0 Å². The largest absolute Gasteiger partial charge is 0.353 e. The number of carbonyl (C=O) groups is 1. The SMILES string of the molecule is Cc1cc(N2CCN(C(=O)c3ccc(C)c(C)c3)CC2)nc(C(C)C)n1. The summed E-state index contributed by atoms with van der Waals surface area (Å²) in [7, 11) is 0. The number of aromatic nitrogens is 2. The third kappa shape index (κ3) is 3.87. The Hall–Kier alpha value is -2.43. The Bertz CT molecular complexity index is 808. The topological polar surface area (TPSA) is 49.3 Å². The molecule has 1 aliphatic heterocycles. The van der Waals surface area contributed by atoms with Gasteiger partial charge in [0.25, 0.3) is 5.91 Å². The second-order valence-corrected chi connectivity index (χ2v) is 7.46. The Kier molecular flexibility index (Phi) is 5.25. The minimum Gasteiger partial charge on any atom is -0.353 e. The minimum atomic E-state index is 0.120. The van der Waals surface area contributed by atoms with Crippen LogP contribution in [0.25, 0.3) is 0 Å². The van der Waals surface area contributed by atoms with Crippen molar-refractivity contribution in [1.29, 1.82) is 0 Å². The van der Waals surface area contributed by atoms with Gasteiger partial charge in [0, 0.05) is 49.4 Å². The number of anilines is 1. The van der Waals surface area contributed by atoms with Crippen molar-refractivity contribution in [2.24, 2.45) is 0 Å². The van der Waals surface area contributed by atoms with Gasteiger partial charge in [-0.2, -0.15) is 0 Å². The van der Waals surface area contributed by atoms with Crippen LogP contribution in [0.4, 0.5) is 5.82 Å². The maximum atomic E-state index is 12.8. The summed E-state index contributed by atoms with van der Waals surface area (Å²) in [4.78, 5) is 26.2. The van der Waals surface area contributed by atoms with E-state index in [2.05, 4.69) is 30.7 Å². The zero-order valence-corrected chi connectivity index (χ0v) is 16.4. The highest BCUT2D eigenvalue weighted by Gasteiger charge is 2.23. The highest BCUT2D eigenvalue weighted by Crippen LogP contribution is 2.20. The van der Waals surface area contributed by atoms with Crippen molar-refractivity contribution in [3.05, 3.63) is 52.5 Å². The number of piperazine rings is 1. The van der Waals surface area contributed by atoms with Crippen LogP contribution < -0.4 is 4.90 Å². The van der Waals surface area contributed by atoms with Gasteiger partial charge in [-0.25, -0.2) is 9.97 Å². The first-order valence-corrected chi connectivity index (χ1v) is 9.32. The first-order chi connectivity index (χ1) is 12.3.